The van der Waals surface area contributed by atoms with Crippen LogP contribution in [0.15, 0.2) is 164 Å². The van der Waals surface area contributed by atoms with Crippen molar-refractivity contribution in [2.75, 3.05) is 4.90 Å². The van der Waals surface area contributed by atoms with E-state index in [0.29, 0.717) is 0 Å². The van der Waals surface area contributed by atoms with Gasteiger partial charge in [-0.3, -0.25) is 0 Å². The third-order valence-electron chi connectivity index (χ3n) is 9.56. The molecule has 1 aliphatic rings. The summed E-state index contributed by atoms with van der Waals surface area (Å²) in [5.74, 6) is 0. The molecular formula is C44H27N3. The van der Waals surface area contributed by atoms with Gasteiger partial charge in [-0.1, -0.05) is 127 Å². The van der Waals surface area contributed by atoms with E-state index in [0.717, 1.165) is 50.0 Å². The van der Waals surface area contributed by atoms with Crippen LogP contribution in [-0.2, 0) is 0 Å². The fourth-order valence-corrected chi connectivity index (χ4v) is 7.50. The van der Waals surface area contributed by atoms with Crippen LogP contribution in [0.1, 0.15) is 0 Å². The van der Waals surface area contributed by atoms with Gasteiger partial charge in [0.1, 0.15) is 0 Å². The van der Waals surface area contributed by atoms with Crippen LogP contribution in [-0.4, -0.2) is 9.97 Å². The Kier molecular flexibility index (Phi) is 5.57. The van der Waals surface area contributed by atoms with Crippen LogP contribution in [0.5, 0.6) is 0 Å². The minimum Gasteiger partial charge on any atom is -0.309 e. The Morgan fingerprint density at radius 3 is 1.83 bits per heavy atom. The van der Waals surface area contributed by atoms with Gasteiger partial charge < -0.3 is 4.90 Å². The van der Waals surface area contributed by atoms with Gasteiger partial charge >= 0.3 is 0 Å². The van der Waals surface area contributed by atoms with Crippen LogP contribution in [0, 0.1) is 0 Å². The van der Waals surface area contributed by atoms with E-state index < -0.39 is 0 Å². The predicted octanol–water partition coefficient (Wildman–Crippen LogP) is 11.9. The van der Waals surface area contributed by atoms with Gasteiger partial charge in [-0.25, -0.2) is 9.97 Å². The average Bonchev–Trinajstić information content (AvgIpc) is 3.14. The minimum absolute atomic E-state index is 0.884. The number of rotatable bonds is 3. The Labute approximate surface area is 272 Å². The lowest BCUT2D eigenvalue weighted by Crippen LogP contribution is -2.15. The molecular weight excluding hydrogens is 571 g/mol. The molecule has 47 heavy (non-hydrogen) atoms. The summed E-state index contributed by atoms with van der Waals surface area (Å²) in [6.07, 6.45) is 0. The zero-order valence-corrected chi connectivity index (χ0v) is 25.4. The zero-order chi connectivity index (χ0) is 30.9. The van der Waals surface area contributed by atoms with E-state index in [1.165, 1.54) is 44.0 Å². The molecule has 2 heterocycles. The molecule has 0 amide bonds. The molecule has 9 aromatic rings. The monoisotopic (exact) mass is 597 g/mol. The van der Waals surface area contributed by atoms with Crippen LogP contribution in [0.3, 0.4) is 0 Å². The summed E-state index contributed by atoms with van der Waals surface area (Å²) in [6.45, 7) is 0. The van der Waals surface area contributed by atoms with E-state index in [4.69, 9.17) is 9.97 Å². The third-order valence-corrected chi connectivity index (χ3v) is 9.56. The number of para-hydroxylation sites is 2. The molecule has 10 rings (SSSR count). The lowest BCUT2D eigenvalue weighted by atomic mass is 9.87. The van der Waals surface area contributed by atoms with Crippen molar-refractivity contribution in [1.82, 2.24) is 9.97 Å². The molecule has 0 aliphatic carbocycles. The van der Waals surface area contributed by atoms with E-state index in [2.05, 4.69) is 138 Å². The van der Waals surface area contributed by atoms with Crippen molar-refractivity contribution in [3.05, 3.63) is 164 Å². The van der Waals surface area contributed by atoms with Crippen molar-refractivity contribution >= 4 is 60.4 Å². The maximum atomic E-state index is 5.27. The van der Waals surface area contributed by atoms with E-state index in [-0.39, 0.29) is 0 Å². The average molecular weight is 598 g/mol. The van der Waals surface area contributed by atoms with Crippen LogP contribution < -0.4 is 4.90 Å². The van der Waals surface area contributed by atoms with Crippen LogP contribution in [0.2, 0.25) is 0 Å². The summed E-state index contributed by atoms with van der Waals surface area (Å²) in [7, 11) is 0. The number of nitrogens with zero attached hydrogens (tertiary/aromatic N) is 3. The fourth-order valence-electron chi connectivity index (χ4n) is 7.50. The smallest absolute Gasteiger partial charge is 0.0979 e. The molecule has 1 aliphatic heterocycles. The Morgan fingerprint density at radius 1 is 0.362 bits per heavy atom. The zero-order valence-electron chi connectivity index (χ0n) is 25.4. The normalized spacial score (nSPS) is 12.2. The second-order valence-electron chi connectivity index (χ2n) is 12.2. The Morgan fingerprint density at radius 2 is 1.00 bits per heavy atom. The molecule has 3 nitrogen and oxygen atoms in total. The van der Waals surface area contributed by atoms with Gasteiger partial charge in [-0.15, -0.1) is 0 Å². The van der Waals surface area contributed by atoms with E-state index in [1.807, 2.05) is 30.3 Å². The molecule has 0 radical (unpaired) electrons. The highest BCUT2D eigenvalue weighted by atomic mass is 15.2. The molecule has 0 unspecified atom stereocenters. The predicted molar refractivity (Wildman–Crippen MR) is 197 cm³/mol. The number of fused-ring (bicyclic) bond motifs is 6. The van der Waals surface area contributed by atoms with Crippen molar-refractivity contribution in [3.63, 3.8) is 0 Å². The van der Waals surface area contributed by atoms with Gasteiger partial charge in [0, 0.05) is 27.5 Å². The largest absolute Gasteiger partial charge is 0.309 e. The van der Waals surface area contributed by atoms with Gasteiger partial charge in [-0.2, -0.15) is 0 Å². The highest BCUT2D eigenvalue weighted by Gasteiger charge is 2.29. The first kappa shape index (κ1) is 26.0. The van der Waals surface area contributed by atoms with E-state index >= 15 is 0 Å². The first-order valence-corrected chi connectivity index (χ1v) is 16.0. The molecule has 0 fully saturated rings. The Balaban J connectivity index is 1.28. The summed E-state index contributed by atoms with van der Waals surface area (Å²) >= 11 is 0. The van der Waals surface area contributed by atoms with Gasteiger partial charge in [0.2, 0.25) is 0 Å². The number of benzene rings is 8. The van der Waals surface area contributed by atoms with Gasteiger partial charge in [0.05, 0.1) is 39.5 Å². The summed E-state index contributed by atoms with van der Waals surface area (Å²) in [5.41, 5.74) is 11.7. The number of hydrogen-bond acceptors (Lipinski definition) is 3. The molecule has 0 spiro atoms. The highest BCUT2D eigenvalue weighted by Crippen LogP contribution is 2.54. The number of anilines is 3. The highest BCUT2D eigenvalue weighted by molar-refractivity contribution is 6.21. The summed E-state index contributed by atoms with van der Waals surface area (Å²) in [6, 6.07) is 58.4. The molecule has 0 N–H and O–H groups in total. The number of aromatic nitrogens is 2. The minimum atomic E-state index is 0.884. The number of hydrogen-bond donors (Lipinski definition) is 0. The van der Waals surface area contributed by atoms with Crippen LogP contribution in [0.4, 0.5) is 17.1 Å². The molecule has 3 heteroatoms. The molecule has 0 saturated heterocycles. The van der Waals surface area contributed by atoms with Crippen molar-refractivity contribution in [2.45, 2.75) is 0 Å². The lowest BCUT2D eigenvalue weighted by molar-refractivity contribution is 1.29. The molecule has 1 aromatic heterocycles. The van der Waals surface area contributed by atoms with E-state index in [1.54, 1.807) is 0 Å². The maximum absolute atomic E-state index is 5.27. The standard InChI is InChI=1S/C44H27N3/c1-2-13-30(14-3-1)43-44(46-37-22-9-8-21-36(37)45-43)34-25-27-38(33-19-7-6-18-32(33)34)47-39-23-11-16-29-15-10-20-35(41(29)39)42-31-17-5-4-12-28(31)24-26-40(42)47/h1-27H. The summed E-state index contributed by atoms with van der Waals surface area (Å²) in [4.78, 5) is 12.9. The molecule has 0 bridgehead atoms. The summed E-state index contributed by atoms with van der Waals surface area (Å²) < 4.78 is 0. The van der Waals surface area contributed by atoms with Gasteiger partial charge in [0.25, 0.3) is 0 Å². The molecule has 218 valence electrons. The Bertz CT molecular complexity index is 2690. The van der Waals surface area contributed by atoms with Crippen molar-refractivity contribution in [1.29, 1.82) is 0 Å². The van der Waals surface area contributed by atoms with Crippen LogP contribution in [0.25, 0.3) is 77.0 Å². The molecule has 8 aromatic carbocycles. The summed E-state index contributed by atoms with van der Waals surface area (Å²) in [5, 5.41) is 7.32. The van der Waals surface area contributed by atoms with Gasteiger partial charge in [-0.05, 0) is 63.5 Å². The van der Waals surface area contributed by atoms with Crippen molar-refractivity contribution in [2.24, 2.45) is 0 Å². The SMILES string of the molecule is c1ccc(-c2nc3ccccc3nc2-c2ccc(N3c4ccc5ccccc5c4-c4cccc5cccc3c45)c3ccccc23)cc1. The second kappa shape index (κ2) is 10.1. The Hall–Kier alpha value is -6.32. The molecule has 0 saturated carbocycles. The first-order valence-electron chi connectivity index (χ1n) is 16.0. The third kappa shape index (κ3) is 3.87. The van der Waals surface area contributed by atoms with Crippen molar-refractivity contribution in [3.8, 4) is 33.6 Å². The van der Waals surface area contributed by atoms with E-state index in [9.17, 15) is 0 Å². The van der Waals surface area contributed by atoms with Gasteiger partial charge in [0.15, 0.2) is 0 Å². The van der Waals surface area contributed by atoms with Crippen LogP contribution >= 0.6 is 0 Å². The fraction of sp³-hybridized carbons (Fsp3) is 0. The maximum Gasteiger partial charge on any atom is 0.0979 e. The lowest BCUT2D eigenvalue weighted by Gasteiger charge is -2.35. The quantitative estimate of drug-likeness (QED) is 0.203. The first-order chi connectivity index (χ1) is 23.3. The second-order valence-corrected chi connectivity index (χ2v) is 12.2. The topological polar surface area (TPSA) is 29.0 Å². The van der Waals surface area contributed by atoms with Crippen molar-refractivity contribution < 1.29 is 0 Å². The molecule has 0 atom stereocenters.